The van der Waals surface area contributed by atoms with E-state index in [1.165, 1.54) is 18.4 Å². The van der Waals surface area contributed by atoms with Crippen LogP contribution in [0.25, 0.3) is 0 Å². The van der Waals surface area contributed by atoms with Crippen molar-refractivity contribution >= 4 is 41.5 Å². The van der Waals surface area contributed by atoms with Crippen molar-refractivity contribution in [1.29, 1.82) is 0 Å². The molecule has 0 spiro atoms. The number of rotatable bonds is 8. The lowest BCUT2D eigenvalue weighted by atomic mass is 10.1. The molecule has 7 nitrogen and oxygen atoms in total. The van der Waals surface area contributed by atoms with E-state index in [1.807, 2.05) is 42.5 Å². The molecular weight excluding hydrogens is 505 g/mol. The molecule has 1 saturated heterocycles. The van der Waals surface area contributed by atoms with Gasteiger partial charge >= 0.3 is 0 Å². The summed E-state index contributed by atoms with van der Waals surface area (Å²) >= 11 is 0. The van der Waals surface area contributed by atoms with Gasteiger partial charge in [0.15, 0.2) is 5.96 Å². The van der Waals surface area contributed by atoms with Gasteiger partial charge in [-0.05, 0) is 55.8 Å². The fourth-order valence-corrected chi connectivity index (χ4v) is 3.64. The Bertz CT molecular complexity index is 824. The van der Waals surface area contributed by atoms with Gasteiger partial charge in [0, 0.05) is 19.3 Å². The number of carbonyl (C=O) groups excluding carboxylic acids is 1. The summed E-state index contributed by atoms with van der Waals surface area (Å²) in [5.41, 5.74) is 2.02. The molecule has 8 heteroatoms. The Kier molecular flexibility index (Phi) is 10.6. The number of halogens is 1. The van der Waals surface area contributed by atoms with Crippen LogP contribution in [0.4, 0.5) is 5.69 Å². The Morgan fingerprint density at radius 1 is 1.06 bits per heavy atom. The van der Waals surface area contributed by atoms with Gasteiger partial charge in [0.2, 0.25) is 5.91 Å². The van der Waals surface area contributed by atoms with Crippen molar-refractivity contribution in [2.45, 2.75) is 18.9 Å². The fourth-order valence-electron chi connectivity index (χ4n) is 3.64. The van der Waals surface area contributed by atoms with Crippen molar-refractivity contribution < 1.29 is 9.53 Å². The van der Waals surface area contributed by atoms with E-state index in [2.05, 4.69) is 38.0 Å². The average molecular weight is 537 g/mol. The van der Waals surface area contributed by atoms with E-state index in [4.69, 9.17) is 4.74 Å². The first-order valence-electron chi connectivity index (χ1n) is 10.4. The zero-order valence-electron chi connectivity index (χ0n) is 18.1. The van der Waals surface area contributed by atoms with E-state index in [-0.39, 0.29) is 42.5 Å². The first-order chi connectivity index (χ1) is 14.7. The summed E-state index contributed by atoms with van der Waals surface area (Å²) in [7, 11) is 3.39. The van der Waals surface area contributed by atoms with Crippen molar-refractivity contribution in [2.75, 3.05) is 45.7 Å². The molecule has 1 amide bonds. The lowest BCUT2D eigenvalue weighted by Crippen LogP contribution is -2.44. The highest BCUT2D eigenvalue weighted by molar-refractivity contribution is 14.0. The number of guanidine groups is 1. The highest BCUT2D eigenvalue weighted by Gasteiger charge is 2.23. The van der Waals surface area contributed by atoms with Crippen molar-refractivity contribution in [3.63, 3.8) is 0 Å². The first-order valence-corrected chi connectivity index (χ1v) is 10.4. The van der Waals surface area contributed by atoms with Crippen molar-refractivity contribution in [2.24, 2.45) is 4.99 Å². The number of anilines is 1. The number of hydrogen-bond donors (Lipinski definition) is 3. The van der Waals surface area contributed by atoms with E-state index >= 15 is 0 Å². The second-order valence-corrected chi connectivity index (χ2v) is 7.25. The maximum Gasteiger partial charge on any atom is 0.243 e. The summed E-state index contributed by atoms with van der Waals surface area (Å²) in [6.45, 7) is 3.02. The number of nitrogens with one attached hydrogen (secondary N) is 3. The molecular formula is C23H32IN5O2. The molecule has 1 aliphatic rings. The molecule has 0 saturated carbocycles. The van der Waals surface area contributed by atoms with E-state index in [1.54, 1.807) is 14.2 Å². The van der Waals surface area contributed by atoms with Gasteiger partial charge in [-0.3, -0.25) is 14.7 Å². The largest absolute Gasteiger partial charge is 0.497 e. The number of hydrogen-bond acceptors (Lipinski definition) is 4. The van der Waals surface area contributed by atoms with Crippen molar-refractivity contribution in [1.82, 2.24) is 15.5 Å². The van der Waals surface area contributed by atoms with Crippen LogP contribution in [0.15, 0.2) is 59.6 Å². The number of carbonyl (C=O) groups is 1. The SMILES string of the molecule is CN=C(NCC(=O)Nc1ccccc1)NCC(c1ccc(OC)cc1)N1CCCC1.I. The molecule has 1 fully saturated rings. The molecule has 1 unspecified atom stereocenters. The summed E-state index contributed by atoms with van der Waals surface area (Å²) in [5.74, 6) is 1.35. The summed E-state index contributed by atoms with van der Waals surface area (Å²) in [6.07, 6.45) is 2.44. The first kappa shape index (κ1) is 24.9. The minimum absolute atomic E-state index is 0. The number of ether oxygens (including phenoxy) is 1. The van der Waals surface area contributed by atoms with Gasteiger partial charge in [-0.2, -0.15) is 0 Å². The number of nitrogens with zero attached hydrogens (tertiary/aromatic N) is 2. The van der Waals surface area contributed by atoms with Crippen molar-refractivity contribution in [3.05, 3.63) is 60.2 Å². The van der Waals surface area contributed by atoms with Crippen LogP contribution in [-0.4, -0.2) is 57.1 Å². The van der Waals surface area contributed by atoms with E-state index in [9.17, 15) is 4.79 Å². The van der Waals surface area contributed by atoms with Crippen LogP contribution in [0, 0.1) is 0 Å². The topological polar surface area (TPSA) is 78.0 Å². The Balaban J connectivity index is 0.00000341. The molecule has 2 aromatic rings. The second-order valence-electron chi connectivity index (χ2n) is 7.25. The second kappa shape index (κ2) is 13.2. The van der Waals surface area contributed by atoms with Gasteiger partial charge in [-0.15, -0.1) is 24.0 Å². The molecule has 1 heterocycles. The van der Waals surface area contributed by atoms with Crippen molar-refractivity contribution in [3.8, 4) is 5.75 Å². The zero-order chi connectivity index (χ0) is 21.2. The average Bonchev–Trinajstić information content (AvgIpc) is 3.31. The number of para-hydroxylation sites is 1. The monoisotopic (exact) mass is 537 g/mol. The van der Waals surface area contributed by atoms with Gasteiger partial charge in [-0.25, -0.2) is 0 Å². The summed E-state index contributed by atoms with van der Waals surface area (Å²) < 4.78 is 5.29. The smallest absolute Gasteiger partial charge is 0.243 e. The minimum atomic E-state index is -0.115. The van der Waals surface area contributed by atoms with Crippen LogP contribution in [0.3, 0.4) is 0 Å². The van der Waals surface area contributed by atoms with Gasteiger partial charge < -0.3 is 20.7 Å². The number of likely N-dealkylation sites (tertiary alicyclic amines) is 1. The van der Waals surface area contributed by atoms with E-state index in [0.29, 0.717) is 12.5 Å². The quantitative estimate of drug-likeness (QED) is 0.274. The molecule has 3 rings (SSSR count). The van der Waals surface area contributed by atoms with Gasteiger partial charge in [-0.1, -0.05) is 30.3 Å². The van der Waals surface area contributed by atoms with Crippen LogP contribution in [0.1, 0.15) is 24.4 Å². The minimum Gasteiger partial charge on any atom is -0.497 e. The van der Waals surface area contributed by atoms with Crippen LogP contribution in [-0.2, 0) is 4.79 Å². The molecule has 0 aliphatic carbocycles. The number of methoxy groups -OCH3 is 1. The third kappa shape index (κ3) is 7.70. The molecule has 2 aromatic carbocycles. The lowest BCUT2D eigenvalue weighted by Gasteiger charge is -2.29. The molecule has 168 valence electrons. The van der Waals surface area contributed by atoms with Crippen LogP contribution < -0.4 is 20.7 Å². The van der Waals surface area contributed by atoms with Crippen LogP contribution in [0.5, 0.6) is 5.75 Å². The van der Waals surface area contributed by atoms with Gasteiger partial charge in [0.1, 0.15) is 5.75 Å². The Morgan fingerprint density at radius 2 is 1.74 bits per heavy atom. The number of benzene rings is 2. The maximum absolute atomic E-state index is 12.2. The summed E-state index contributed by atoms with van der Waals surface area (Å²) in [6, 6.07) is 17.9. The number of amides is 1. The molecule has 0 radical (unpaired) electrons. The molecule has 1 atom stereocenters. The molecule has 0 aromatic heterocycles. The molecule has 3 N–H and O–H groups in total. The summed E-state index contributed by atoms with van der Waals surface area (Å²) in [4.78, 5) is 18.9. The Morgan fingerprint density at radius 3 is 2.35 bits per heavy atom. The summed E-state index contributed by atoms with van der Waals surface area (Å²) in [5, 5.41) is 9.34. The molecule has 0 bridgehead atoms. The van der Waals surface area contributed by atoms with E-state index in [0.717, 1.165) is 24.5 Å². The van der Waals surface area contributed by atoms with Gasteiger partial charge in [0.25, 0.3) is 0 Å². The zero-order valence-corrected chi connectivity index (χ0v) is 20.5. The molecule has 31 heavy (non-hydrogen) atoms. The predicted molar refractivity (Wildman–Crippen MR) is 136 cm³/mol. The Hall–Kier alpha value is -2.33. The highest BCUT2D eigenvalue weighted by atomic mass is 127. The number of aliphatic imine (C=N–C) groups is 1. The van der Waals surface area contributed by atoms with E-state index < -0.39 is 0 Å². The Labute approximate surface area is 201 Å². The third-order valence-corrected chi connectivity index (χ3v) is 5.24. The van der Waals surface area contributed by atoms with Crippen LogP contribution >= 0.6 is 24.0 Å². The molecule has 1 aliphatic heterocycles. The van der Waals surface area contributed by atoms with Crippen LogP contribution in [0.2, 0.25) is 0 Å². The standard InChI is InChI=1S/C23H31N5O2.HI/c1-24-23(26-17-22(29)27-19-8-4-3-5-9-19)25-16-21(28-14-6-7-15-28)18-10-12-20(30-2)13-11-18;/h3-5,8-13,21H,6-7,14-17H2,1-2H3,(H,27,29)(H2,24,25,26);1H. The van der Waals surface area contributed by atoms with Gasteiger partial charge in [0.05, 0.1) is 19.7 Å². The third-order valence-electron chi connectivity index (χ3n) is 5.24. The lowest BCUT2D eigenvalue weighted by molar-refractivity contribution is -0.115. The maximum atomic E-state index is 12.2. The fraction of sp³-hybridized carbons (Fsp3) is 0.391. The predicted octanol–water partition coefficient (Wildman–Crippen LogP) is 3.25. The normalized spacial score (nSPS) is 15.0. The highest BCUT2D eigenvalue weighted by Crippen LogP contribution is 2.26.